The Morgan fingerprint density at radius 2 is 1.67 bits per heavy atom. The molecular formula is C16H23N3O5. The van der Waals surface area contributed by atoms with E-state index < -0.39 is 24.0 Å². The third-order valence-electron chi connectivity index (χ3n) is 3.30. The number of carbonyl (C=O) groups excluding carboxylic acids is 4. The normalized spacial score (nSPS) is 11.8. The molecule has 0 saturated heterocycles. The van der Waals surface area contributed by atoms with Crippen LogP contribution >= 0.6 is 0 Å². The fraction of sp³-hybridized carbons (Fsp3) is 0.500. The number of ketones is 1. The van der Waals surface area contributed by atoms with E-state index >= 15 is 0 Å². The van der Waals surface area contributed by atoms with Crippen LogP contribution in [-0.2, 0) is 9.53 Å². The molecule has 3 N–H and O–H groups in total. The zero-order valence-corrected chi connectivity index (χ0v) is 14.7. The van der Waals surface area contributed by atoms with Gasteiger partial charge in [-0.05, 0) is 47.1 Å². The smallest absolute Gasteiger partial charge is 0.355 e. The lowest BCUT2D eigenvalue weighted by molar-refractivity contribution is -0.127. The molecule has 1 heterocycles. The zero-order valence-electron chi connectivity index (χ0n) is 14.7. The van der Waals surface area contributed by atoms with Crippen molar-refractivity contribution >= 4 is 23.7 Å². The highest BCUT2D eigenvalue weighted by Crippen LogP contribution is 2.19. The van der Waals surface area contributed by atoms with Crippen LogP contribution in [0.5, 0.6) is 0 Å². The molecule has 8 heteroatoms. The maximum Gasteiger partial charge on any atom is 0.355 e. The summed E-state index contributed by atoms with van der Waals surface area (Å²) >= 11 is 0. The summed E-state index contributed by atoms with van der Waals surface area (Å²) in [5.74, 6) is -1.68. The van der Waals surface area contributed by atoms with E-state index in [0.29, 0.717) is 16.8 Å². The maximum atomic E-state index is 12.2. The van der Waals surface area contributed by atoms with Gasteiger partial charge in [-0.2, -0.15) is 0 Å². The van der Waals surface area contributed by atoms with Crippen LogP contribution in [0.2, 0.25) is 0 Å². The molecule has 0 aliphatic heterocycles. The molecule has 0 aliphatic carbocycles. The molecular weight excluding hydrogens is 314 g/mol. The molecule has 0 fully saturated rings. The molecule has 1 aromatic heterocycles. The van der Waals surface area contributed by atoms with Crippen LogP contribution in [0.15, 0.2) is 0 Å². The van der Waals surface area contributed by atoms with Crippen molar-refractivity contribution in [1.29, 1.82) is 0 Å². The number of H-pyrrole nitrogens is 1. The molecule has 24 heavy (non-hydrogen) atoms. The highest BCUT2D eigenvalue weighted by atomic mass is 16.5. The fourth-order valence-electron chi connectivity index (χ4n) is 2.27. The van der Waals surface area contributed by atoms with Crippen LogP contribution in [0.1, 0.15) is 59.8 Å². The zero-order chi connectivity index (χ0) is 18.6. The quantitative estimate of drug-likeness (QED) is 0.557. The average molecular weight is 337 g/mol. The predicted molar refractivity (Wildman–Crippen MR) is 87.0 cm³/mol. The summed E-state index contributed by atoms with van der Waals surface area (Å²) in [5.41, 5.74) is 1.56. The third-order valence-corrected chi connectivity index (χ3v) is 3.30. The van der Waals surface area contributed by atoms with Gasteiger partial charge < -0.3 is 15.0 Å². The van der Waals surface area contributed by atoms with Gasteiger partial charge in [-0.3, -0.25) is 14.9 Å². The first-order chi connectivity index (χ1) is 11.0. The highest BCUT2D eigenvalue weighted by molar-refractivity contribution is 6.02. The van der Waals surface area contributed by atoms with E-state index in [2.05, 4.69) is 15.6 Å². The van der Waals surface area contributed by atoms with E-state index in [0.717, 1.165) is 0 Å². The number of amides is 3. The molecule has 0 radical (unpaired) electrons. The second-order valence-electron chi connectivity index (χ2n) is 5.85. The van der Waals surface area contributed by atoms with Crippen LogP contribution < -0.4 is 10.6 Å². The van der Waals surface area contributed by atoms with Gasteiger partial charge in [0.25, 0.3) is 5.91 Å². The minimum Gasteiger partial charge on any atom is -0.448 e. The van der Waals surface area contributed by atoms with E-state index in [1.165, 1.54) is 13.8 Å². The second kappa shape index (κ2) is 7.76. The Balaban J connectivity index is 2.77. The number of rotatable bonds is 5. The summed E-state index contributed by atoms with van der Waals surface area (Å²) in [6.07, 6.45) is -1.17. The first-order valence-corrected chi connectivity index (χ1v) is 7.57. The van der Waals surface area contributed by atoms with E-state index in [1.807, 2.05) is 0 Å². The molecule has 0 unspecified atom stereocenters. The van der Waals surface area contributed by atoms with E-state index in [-0.39, 0.29) is 17.5 Å². The molecule has 0 spiro atoms. The number of imide groups is 1. The molecule has 1 atom stereocenters. The number of Topliss-reactive ketones (excluding diaryl/α,β-unsaturated/α-hetero) is 1. The number of ether oxygens (including phenoxy) is 1. The Kier molecular flexibility index (Phi) is 6.27. The Hall–Kier alpha value is -2.64. The SMILES string of the molecule is CC(=O)c1c(C)[nH]c(C(=O)O[C@@H](C)C(=O)NC(=O)NC(C)C)c1C. The van der Waals surface area contributed by atoms with E-state index in [1.54, 1.807) is 27.7 Å². The number of nitrogens with one attached hydrogen (secondary N) is 3. The molecule has 0 aliphatic rings. The summed E-state index contributed by atoms with van der Waals surface area (Å²) in [6, 6.07) is -0.797. The topological polar surface area (TPSA) is 117 Å². The molecule has 0 saturated carbocycles. The summed E-state index contributed by atoms with van der Waals surface area (Å²) in [6.45, 7) is 9.55. The van der Waals surface area contributed by atoms with Crippen LogP contribution in [0.25, 0.3) is 0 Å². The molecule has 1 rings (SSSR count). The monoisotopic (exact) mass is 337 g/mol. The Labute approximate surface area is 140 Å². The minimum absolute atomic E-state index is 0.115. The average Bonchev–Trinajstić information content (AvgIpc) is 2.72. The first-order valence-electron chi connectivity index (χ1n) is 7.57. The molecule has 0 bridgehead atoms. The van der Waals surface area contributed by atoms with E-state index in [9.17, 15) is 19.2 Å². The summed E-state index contributed by atoms with van der Waals surface area (Å²) < 4.78 is 5.06. The van der Waals surface area contributed by atoms with Crippen molar-refractivity contribution in [3.05, 3.63) is 22.5 Å². The van der Waals surface area contributed by atoms with E-state index in [4.69, 9.17) is 4.74 Å². The van der Waals surface area contributed by atoms with Crippen molar-refractivity contribution in [3.63, 3.8) is 0 Å². The number of aryl methyl sites for hydroxylation is 1. The molecule has 8 nitrogen and oxygen atoms in total. The van der Waals surface area contributed by atoms with Crippen LogP contribution in [0.3, 0.4) is 0 Å². The van der Waals surface area contributed by atoms with Gasteiger partial charge in [0, 0.05) is 17.3 Å². The Morgan fingerprint density at radius 3 is 2.12 bits per heavy atom. The molecule has 132 valence electrons. The van der Waals surface area contributed by atoms with Gasteiger partial charge in [0.15, 0.2) is 11.9 Å². The Bertz CT molecular complexity index is 675. The van der Waals surface area contributed by atoms with Crippen molar-refractivity contribution in [2.75, 3.05) is 0 Å². The fourth-order valence-corrected chi connectivity index (χ4v) is 2.27. The van der Waals surface area contributed by atoms with Crippen molar-refractivity contribution in [1.82, 2.24) is 15.6 Å². The van der Waals surface area contributed by atoms with Crippen molar-refractivity contribution in [3.8, 4) is 0 Å². The lowest BCUT2D eigenvalue weighted by Crippen LogP contribution is -2.46. The minimum atomic E-state index is -1.17. The Morgan fingerprint density at radius 1 is 1.08 bits per heavy atom. The van der Waals surface area contributed by atoms with Crippen molar-refractivity contribution < 1.29 is 23.9 Å². The lowest BCUT2D eigenvalue weighted by atomic mass is 10.1. The summed E-state index contributed by atoms with van der Waals surface area (Å²) in [4.78, 5) is 49.9. The largest absolute Gasteiger partial charge is 0.448 e. The summed E-state index contributed by atoms with van der Waals surface area (Å²) in [7, 11) is 0. The van der Waals surface area contributed by atoms with Gasteiger partial charge in [0.05, 0.1) is 0 Å². The first kappa shape index (κ1) is 19.4. The van der Waals surface area contributed by atoms with Crippen LogP contribution in [0, 0.1) is 13.8 Å². The van der Waals surface area contributed by atoms with Gasteiger partial charge in [0.1, 0.15) is 5.69 Å². The molecule has 0 aromatic carbocycles. The molecule has 1 aromatic rings. The molecule has 3 amide bonds. The van der Waals surface area contributed by atoms with Crippen LogP contribution in [-0.4, -0.2) is 40.8 Å². The number of aromatic nitrogens is 1. The van der Waals surface area contributed by atoms with Gasteiger partial charge >= 0.3 is 12.0 Å². The number of urea groups is 1. The van der Waals surface area contributed by atoms with Gasteiger partial charge in [-0.15, -0.1) is 0 Å². The van der Waals surface area contributed by atoms with Crippen LogP contribution in [0.4, 0.5) is 4.79 Å². The number of esters is 1. The standard InChI is InChI=1S/C16H23N3O5/c1-7(2)17-16(23)19-14(21)11(6)24-15(22)13-8(3)12(10(5)20)9(4)18-13/h7,11,18H,1-6H3,(H2,17,19,21,23)/t11-/m0/s1. The number of carbonyl (C=O) groups is 4. The maximum absolute atomic E-state index is 12.2. The third kappa shape index (κ3) is 4.68. The number of hydrogen-bond acceptors (Lipinski definition) is 5. The number of hydrogen-bond donors (Lipinski definition) is 3. The van der Waals surface area contributed by atoms with Crippen molar-refractivity contribution in [2.45, 2.75) is 53.7 Å². The predicted octanol–water partition coefficient (Wildman–Crippen LogP) is 1.61. The van der Waals surface area contributed by atoms with Crippen molar-refractivity contribution in [2.24, 2.45) is 0 Å². The highest BCUT2D eigenvalue weighted by Gasteiger charge is 2.25. The second-order valence-corrected chi connectivity index (χ2v) is 5.85. The van der Waals surface area contributed by atoms with Gasteiger partial charge in [-0.1, -0.05) is 0 Å². The lowest BCUT2D eigenvalue weighted by Gasteiger charge is -2.14. The van der Waals surface area contributed by atoms with Gasteiger partial charge in [-0.25, -0.2) is 9.59 Å². The number of aromatic amines is 1. The summed E-state index contributed by atoms with van der Waals surface area (Å²) in [5, 5.41) is 4.58. The van der Waals surface area contributed by atoms with Gasteiger partial charge in [0.2, 0.25) is 0 Å².